The third-order valence-electron chi connectivity index (χ3n) is 10.3. The van der Waals surface area contributed by atoms with Gasteiger partial charge in [-0.05, 0) is 94.3 Å². The second-order valence-electron chi connectivity index (χ2n) is 13.4. The Labute approximate surface area is 331 Å². The van der Waals surface area contributed by atoms with Crippen molar-refractivity contribution in [2.75, 3.05) is 4.90 Å². The molecule has 0 fully saturated rings. The smallest absolute Gasteiger partial charge is 0.143 e. The van der Waals surface area contributed by atoms with Gasteiger partial charge in [-0.2, -0.15) is 0 Å². The molecule has 55 heavy (non-hydrogen) atoms. The lowest BCUT2D eigenvalue weighted by Crippen LogP contribution is -2.10. The molecule has 3 nitrogen and oxygen atoms in total. The molecular weight excluding hydrogens is 669 g/mol. The molecule has 0 aliphatic heterocycles. The molecule has 0 aliphatic carbocycles. The van der Waals surface area contributed by atoms with Crippen molar-refractivity contribution in [3.63, 3.8) is 0 Å². The molecular formula is C52H34N2O. The normalized spacial score (nSPS) is 13.9. The van der Waals surface area contributed by atoms with Crippen LogP contribution in [0.1, 0.15) is 12.3 Å². The average Bonchev–Trinajstić information content (AvgIpc) is 3.89. The van der Waals surface area contributed by atoms with Crippen LogP contribution < -0.4 is 4.90 Å². The van der Waals surface area contributed by atoms with Crippen LogP contribution in [0.5, 0.6) is 0 Å². The molecule has 0 N–H and O–H groups in total. The Morgan fingerprint density at radius 1 is 0.455 bits per heavy atom. The first-order chi connectivity index (χ1) is 31.0. The first kappa shape index (κ1) is 23.3. The van der Waals surface area contributed by atoms with E-state index in [-0.39, 0.29) is 50.5 Å². The average molecular weight is 712 g/mol. The van der Waals surface area contributed by atoms with Gasteiger partial charge >= 0.3 is 0 Å². The Balaban J connectivity index is 1.13. The molecule has 0 spiro atoms. The number of hydrogen-bond donors (Lipinski definition) is 0. The Morgan fingerprint density at radius 3 is 1.80 bits per heavy atom. The number of hydrogen-bond acceptors (Lipinski definition) is 2. The highest BCUT2D eigenvalue weighted by Crippen LogP contribution is 2.45. The number of para-hydroxylation sites is 2. The van der Waals surface area contributed by atoms with Crippen LogP contribution >= 0.6 is 0 Å². The van der Waals surface area contributed by atoms with Gasteiger partial charge in [0.15, 0.2) is 0 Å². The van der Waals surface area contributed by atoms with Gasteiger partial charge in [-0.25, -0.2) is 0 Å². The lowest BCUT2D eigenvalue weighted by atomic mass is 10.0. The first-order valence-electron chi connectivity index (χ1n) is 22.5. The second-order valence-corrected chi connectivity index (χ2v) is 13.4. The molecule has 11 aromatic rings. The van der Waals surface area contributed by atoms with Crippen molar-refractivity contribution in [1.29, 1.82) is 0 Å². The van der Waals surface area contributed by atoms with E-state index in [2.05, 4.69) is 59.2 Å². The standard InChI is InChI=1S/C52H34N2O/c1-2-12-35(13-3-1)36-24-29-40(30-25-36)53(49-22-11-23-50-51(49)46-33-28-38-14-4-5-17-43(38)52(46)55-50)41-31-26-37(27-32-41)39-15-10-16-42(34-39)54-47-20-8-6-18-44(47)45-19-7-9-21-48(45)54/h1-34H/i4D,5D,11D,14D,17D,22D,23D,28D,33D. The summed E-state index contributed by atoms with van der Waals surface area (Å²) in [4.78, 5) is 1.79. The predicted octanol–water partition coefficient (Wildman–Crippen LogP) is 14.6. The van der Waals surface area contributed by atoms with Crippen molar-refractivity contribution in [2.24, 2.45) is 0 Å². The van der Waals surface area contributed by atoms with Gasteiger partial charge in [0.25, 0.3) is 0 Å². The zero-order valence-corrected chi connectivity index (χ0v) is 29.2. The number of furan rings is 1. The van der Waals surface area contributed by atoms with E-state index in [4.69, 9.17) is 14.0 Å². The van der Waals surface area contributed by atoms with Crippen LogP contribution in [-0.2, 0) is 0 Å². The van der Waals surface area contributed by atoms with E-state index in [0.717, 1.165) is 39.0 Å². The largest absolute Gasteiger partial charge is 0.455 e. The van der Waals surface area contributed by atoms with Gasteiger partial charge in [-0.15, -0.1) is 0 Å². The predicted molar refractivity (Wildman–Crippen MR) is 231 cm³/mol. The van der Waals surface area contributed by atoms with Crippen LogP contribution in [-0.4, -0.2) is 4.57 Å². The number of benzene rings is 9. The lowest BCUT2D eigenvalue weighted by Gasteiger charge is -2.26. The van der Waals surface area contributed by atoms with Crippen molar-refractivity contribution >= 4 is 71.6 Å². The molecule has 9 aromatic carbocycles. The summed E-state index contributed by atoms with van der Waals surface area (Å²) in [5, 5.41) is 2.18. The number of anilines is 3. The van der Waals surface area contributed by atoms with E-state index >= 15 is 0 Å². The molecule has 11 rings (SSSR count). The summed E-state index contributed by atoms with van der Waals surface area (Å²) >= 11 is 0. The number of rotatable bonds is 6. The molecule has 0 aliphatic rings. The fourth-order valence-electron chi connectivity index (χ4n) is 7.79. The Hall–Kier alpha value is -7.36. The van der Waals surface area contributed by atoms with Gasteiger partial charge in [0.2, 0.25) is 0 Å². The van der Waals surface area contributed by atoms with Crippen LogP contribution in [0.25, 0.3) is 82.5 Å². The third-order valence-corrected chi connectivity index (χ3v) is 10.3. The van der Waals surface area contributed by atoms with Crippen molar-refractivity contribution in [3.05, 3.63) is 206 Å². The molecule has 0 atom stereocenters. The monoisotopic (exact) mass is 711 g/mol. The maximum Gasteiger partial charge on any atom is 0.143 e. The molecule has 0 radical (unpaired) electrons. The number of fused-ring (bicyclic) bond motifs is 8. The molecule has 2 aromatic heterocycles. The van der Waals surface area contributed by atoms with Crippen LogP contribution in [0.3, 0.4) is 0 Å². The highest BCUT2D eigenvalue weighted by atomic mass is 16.3. The van der Waals surface area contributed by atoms with Crippen molar-refractivity contribution in [1.82, 2.24) is 4.57 Å². The zero-order valence-electron chi connectivity index (χ0n) is 38.2. The zero-order chi connectivity index (χ0) is 44.1. The maximum atomic E-state index is 9.52. The highest BCUT2D eigenvalue weighted by Gasteiger charge is 2.21. The van der Waals surface area contributed by atoms with Gasteiger partial charge in [-0.3, -0.25) is 0 Å². The molecule has 2 heterocycles. The van der Waals surface area contributed by atoms with Crippen molar-refractivity contribution in [2.45, 2.75) is 0 Å². The Morgan fingerprint density at radius 2 is 1.07 bits per heavy atom. The quantitative estimate of drug-likeness (QED) is 0.171. The minimum Gasteiger partial charge on any atom is -0.455 e. The van der Waals surface area contributed by atoms with Gasteiger partial charge in [0, 0.05) is 38.6 Å². The third kappa shape index (κ3) is 5.13. The number of nitrogens with zero attached hydrogens (tertiary/aromatic N) is 2. The fraction of sp³-hybridized carbons (Fsp3) is 0. The van der Waals surface area contributed by atoms with E-state index in [1.807, 2.05) is 97.1 Å². The summed E-state index contributed by atoms with van der Waals surface area (Å²) in [5.74, 6) is 0. The molecule has 0 unspecified atom stereocenters. The summed E-state index contributed by atoms with van der Waals surface area (Å²) in [6.45, 7) is 0. The number of aromatic nitrogens is 1. The summed E-state index contributed by atoms with van der Waals surface area (Å²) in [7, 11) is 0. The second kappa shape index (κ2) is 12.6. The summed E-state index contributed by atoms with van der Waals surface area (Å²) < 4.78 is 88.9. The molecule has 258 valence electrons. The molecule has 3 heteroatoms. The minimum atomic E-state index is -0.545. The maximum absolute atomic E-state index is 9.52. The molecule has 0 amide bonds. The van der Waals surface area contributed by atoms with Gasteiger partial charge < -0.3 is 13.9 Å². The summed E-state index contributed by atoms with van der Waals surface area (Å²) in [6, 6.07) is 46.5. The molecule has 0 saturated carbocycles. The van der Waals surface area contributed by atoms with E-state index in [0.29, 0.717) is 11.4 Å². The van der Waals surface area contributed by atoms with E-state index < -0.39 is 42.3 Å². The van der Waals surface area contributed by atoms with Gasteiger partial charge in [-0.1, -0.05) is 139 Å². The van der Waals surface area contributed by atoms with Crippen LogP contribution in [0.15, 0.2) is 210 Å². The van der Waals surface area contributed by atoms with Crippen LogP contribution in [0.4, 0.5) is 17.1 Å². The fourth-order valence-corrected chi connectivity index (χ4v) is 7.79. The Kier molecular flexibility index (Phi) is 5.37. The summed E-state index contributed by atoms with van der Waals surface area (Å²) in [6.07, 6.45) is 0. The van der Waals surface area contributed by atoms with Gasteiger partial charge in [0.1, 0.15) is 11.2 Å². The van der Waals surface area contributed by atoms with E-state index in [1.165, 1.54) is 10.8 Å². The Bertz CT molecular complexity index is 3660. The SMILES string of the molecule is [2H]c1c([2H])c(N(c2ccc(-c3ccccc3)cc2)c2ccc(-c3cccc(-n4c5ccccc5c5ccccc54)c3)cc2)c2c(oc3c4c([2H])c([2H])c([2H])c([2H])c4c([2H])c([2H])c32)c1[2H]. The van der Waals surface area contributed by atoms with Crippen molar-refractivity contribution in [3.8, 4) is 27.9 Å². The van der Waals surface area contributed by atoms with E-state index in [1.54, 1.807) is 4.90 Å². The minimum absolute atomic E-state index is 0.0129. The van der Waals surface area contributed by atoms with E-state index in [9.17, 15) is 2.74 Å². The summed E-state index contributed by atoms with van der Waals surface area (Å²) in [5.41, 5.74) is 8.11. The molecule has 0 saturated heterocycles. The van der Waals surface area contributed by atoms with Gasteiger partial charge in [0.05, 0.1) is 34.4 Å². The van der Waals surface area contributed by atoms with Crippen LogP contribution in [0, 0.1) is 0 Å². The highest BCUT2D eigenvalue weighted by molar-refractivity contribution is 6.19. The van der Waals surface area contributed by atoms with Crippen molar-refractivity contribution < 1.29 is 16.8 Å². The van der Waals surface area contributed by atoms with Crippen LogP contribution in [0.2, 0.25) is 0 Å². The molecule has 0 bridgehead atoms. The lowest BCUT2D eigenvalue weighted by molar-refractivity contribution is 0.672. The first-order valence-corrected chi connectivity index (χ1v) is 18.0. The topological polar surface area (TPSA) is 21.3 Å².